The Morgan fingerprint density at radius 2 is 1.46 bits per heavy atom. The van der Waals surface area contributed by atoms with Crippen molar-refractivity contribution in [2.24, 2.45) is 4.91 Å². The van der Waals surface area contributed by atoms with Gasteiger partial charge in [0.25, 0.3) is 0 Å². The molecule has 26 heavy (non-hydrogen) atoms. The lowest BCUT2D eigenvalue weighted by atomic mass is 10.2. The number of hydrogen-bond donors (Lipinski definition) is 0. The lowest BCUT2D eigenvalue weighted by Gasteiger charge is -2.40. The summed E-state index contributed by atoms with van der Waals surface area (Å²) in [4.78, 5) is 10.4. The highest BCUT2D eigenvalue weighted by molar-refractivity contribution is 7.58. The molecule has 7 heteroatoms. The third kappa shape index (κ3) is 4.86. The van der Waals surface area contributed by atoms with E-state index in [1.807, 2.05) is 83.8 Å². The van der Waals surface area contributed by atoms with E-state index in [0.29, 0.717) is 12.5 Å². The monoisotopic (exact) mass is 376 g/mol. The highest BCUT2D eigenvalue weighted by Gasteiger charge is 2.33. The standard InChI is InChI=1S/C19H29N4O2P/c1-17-11-10-14-19(15-17)24-16-23(6)26(21(2)3,22(4)5)20-25-18-12-8-7-9-13-18/h7-15H,16H2,1-6H3. The molecule has 0 heterocycles. The molecule has 0 spiro atoms. The van der Waals surface area contributed by atoms with Gasteiger partial charge in [-0.2, -0.15) is 0 Å². The van der Waals surface area contributed by atoms with E-state index in [9.17, 15) is 0 Å². The molecule has 0 fully saturated rings. The summed E-state index contributed by atoms with van der Waals surface area (Å²) in [6.45, 7) is 2.45. The molecule has 142 valence electrons. The van der Waals surface area contributed by atoms with Crippen molar-refractivity contribution in [1.29, 1.82) is 0 Å². The number of para-hydroxylation sites is 1. The third-order valence-electron chi connectivity index (χ3n) is 3.94. The maximum Gasteiger partial charge on any atom is 0.213 e. The summed E-state index contributed by atoms with van der Waals surface area (Å²) in [6, 6.07) is 17.6. The van der Waals surface area contributed by atoms with E-state index < -0.39 is 7.51 Å². The topological polar surface area (TPSA) is 40.5 Å². The lowest BCUT2D eigenvalue weighted by Crippen LogP contribution is -2.35. The SMILES string of the molecule is Cc1cccc(OCN(C)P(=NOc2ccccc2)(N(C)C)N(C)C)c1. The molecule has 2 rings (SSSR count). The maximum absolute atomic E-state index is 5.99. The fourth-order valence-electron chi connectivity index (χ4n) is 2.71. The fourth-order valence-corrected chi connectivity index (χ4v) is 5.48. The van der Waals surface area contributed by atoms with Gasteiger partial charge in [0, 0.05) is 0 Å². The summed E-state index contributed by atoms with van der Waals surface area (Å²) >= 11 is 0. The van der Waals surface area contributed by atoms with Gasteiger partial charge < -0.3 is 9.57 Å². The number of benzene rings is 2. The quantitative estimate of drug-likeness (QED) is 0.390. The van der Waals surface area contributed by atoms with Crippen molar-refractivity contribution in [2.45, 2.75) is 6.92 Å². The normalized spacial score (nSPS) is 11.9. The molecule has 0 N–H and O–H groups in total. The van der Waals surface area contributed by atoms with E-state index in [1.165, 1.54) is 5.56 Å². The van der Waals surface area contributed by atoms with Gasteiger partial charge in [-0.3, -0.25) is 0 Å². The molecular formula is C19H29N4O2P. The summed E-state index contributed by atoms with van der Waals surface area (Å²) in [5.41, 5.74) is 1.17. The van der Waals surface area contributed by atoms with Crippen molar-refractivity contribution < 1.29 is 9.57 Å². The molecule has 0 aliphatic carbocycles. The molecule has 0 aliphatic rings. The Kier molecular flexibility index (Phi) is 7.23. The average molecular weight is 376 g/mol. The number of aryl methyl sites for hydroxylation is 1. The molecule has 2 aromatic rings. The van der Waals surface area contributed by atoms with Crippen molar-refractivity contribution in [3.8, 4) is 11.5 Å². The molecule has 6 nitrogen and oxygen atoms in total. The number of hydrogen-bond acceptors (Lipinski definition) is 3. The van der Waals surface area contributed by atoms with Gasteiger partial charge in [0.2, 0.25) is 7.51 Å². The van der Waals surface area contributed by atoms with Crippen LogP contribution in [0.4, 0.5) is 0 Å². The van der Waals surface area contributed by atoms with Gasteiger partial charge in [-0.1, -0.05) is 35.2 Å². The number of ether oxygens (including phenoxy) is 1. The number of rotatable bonds is 8. The van der Waals surface area contributed by atoms with Crippen molar-refractivity contribution in [3.63, 3.8) is 0 Å². The Morgan fingerprint density at radius 1 is 0.846 bits per heavy atom. The summed E-state index contributed by atoms with van der Waals surface area (Å²) in [5, 5.41) is 0. The van der Waals surface area contributed by atoms with Gasteiger partial charge in [0.1, 0.15) is 12.5 Å². The molecule has 0 aromatic heterocycles. The number of nitrogens with zero attached hydrogens (tertiary/aromatic N) is 4. The van der Waals surface area contributed by atoms with Crippen LogP contribution in [0, 0.1) is 6.92 Å². The Hall–Kier alpha value is -1.85. The maximum atomic E-state index is 5.99. The second kappa shape index (κ2) is 9.19. The molecular weight excluding hydrogens is 347 g/mol. The van der Waals surface area contributed by atoms with Crippen LogP contribution in [0.5, 0.6) is 11.5 Å². The predicted molar refractivity (Wildman–Crippen MR) is 108 cm³/mol. The van der Waals surface area contributed by atoms with E-state index in [0.717, 1.165) is 5.75 Å². The smallest absolute Gasteiger partial charge is 0.213 e. The predicted octanol–water partition coefficient (Wildman–Crippen LogP) is 4.33. The second-order valence-corrected chi connectivity index (χ2v) is 9.98. The zero-order valence-electron chi connectivity index (χ0n) is 16.5. The molecule has 0 saturated heterocycles. The minimum absolute atomic E-state index is 0.398. The molecule has 0 unspecified atom stereocenters. The van der Waals surface area contributed by atoms with Crippen LogP contribution in [-0.4, -0.2) is 56.0 Å². The largest absolute Gasteiger partial charge is 0.478 e. The van der Waals surface area contributed by atoms with Gasteiger partial charge >= 0.3 is 0 Å². The lowest BCUT2D eigenvalue weighted by molar-refractivity contribution is 0.207. The highest BCUT2D eigenvalue weighted by Crippen LogP contribution is 2.55. The first-order valence-electron chi connectivity index (χ1n) is 8.46. The zero-order valence-corrected chi connectivity index (χ0v) is 17.4. The third-order valence-corrected chi connectivity index (χ3v) is 7.42. The van der Waals surface area contributed by atoms with Gasteiger partial charge in [-0.15, -0.1) is 0 Å². The summed E-state index contributed by atoms with van der Waals surface area (Å²) < 4.78 is 12.3. The van der Waals surface area contributed by atoms with Gasteiger partial charge in [-0.05, 0) is 72.0 Å². The minimum Gasteiger partial charge on any atom is -0.478 e. The van der Waals surface area contributed by atoms with Crippen LogP contribution in [0.3, 0.4) is 0 Å². The van der Waals surface area contributed by atoms with E-state index in [1.54, 1.807) is 0 Å². The molecule has 0 aliphatic heterocycles. The van der Waals surface area contributed by atoms with E-state index in [2.05, 4.69) is 31.9 Å². The van der Waals surface area contributed by atoms with Gasteiger partial charge in [0.15, 0.2) is 5.75 Å². The molecule has 0 radical (unpaired) electrons. The zero-order chi connectivity index (χ0) is 19.2. The van der Waals surface area contributed by atoms with Crippen molar-refractivity contribution in [1.82, 2.24) is 14.0 Å². The van der Waals surface area contributed by atoms with Crippen LogP contribution >= 0.6 is 7.51 Å². The van der Waals surface area contributed by atoms with Crippen molar-refractivity contribution in [2.75, 3.05) is 42.0 Å². The average Bonchev–Trinajstić information content (AvgIpc) is 2.61. The van der Waals surface area contributed by atoms with Crippen LogP contribution < -0.4 is 9.57 Å². The molecule has 0 atom stereocenters. The molecule has 0 bridgehead atoms. The Balaban J connectivity index is 2.24. The summed E-state index contributed by atoms with van der Waals surface area (Å²) in [7, 11) is 7.77. The first-order valence-corrected chi connectivity index (χ1v) is 10.1. The fraction of sp³-hybridized carbons (Fsp3) is 0.368. The second-order valence-electron chi connectivity index (χ2n) is 6.46. The first-order chi connectivity index (χ1) is 12.4. The Bertz CT molecular complexity index is 738. The highest BCUT2D eigenvalue weighted by atomic mass is 31.2. The van der Waals surface area contributed by atoms with E-state index in [4.69, 9.17) is 9.57 Å². The molecule has 0 saturated carbocycles. The Labute approximate surface area is 157 Å². The van der Waals surface area contributed by atoms with Crippen LogP contribution in [0.2, 0.25) is 0 Å². The van der Waals surface area contributed by atoms with Crippen molar-refractivity contribution >= 4 is 7.51 Å². The van der Waals surface area contributed by atoms with Crippen molar-refractivity contribution in [3.05, 3.63) is 60.2 Å². The van der Waals surface area contributed by atoms with Gasteiger partial charge in [0.05, 0.1) is 0 Å². The minimum atomic E-state index is -2.27. The van der Waals surface area contributed by atoms with Gasteiger partial charge in [-0.25, -0.2) is 14.0 Å². The van der Waals surface area contributed by atoms with Crippen LogP contribution in [0.1, 0.15) is 5.56 Å². The summed E-state index contributed by atoms with van der Waals surface area (Å²) in [5.74, 6) is 1.56. The van der Waals surface area contributed by atoms with Crippen LogP contribution in [0.25, 0.3) is 0 Å². The van der Waals surface area contributed by atoms with E-state index >= 15 is 0 Å². The molecule has 0 amide bonds. The van der Waals surface area contributed by atoms with E-state index in [-0.39, 0.29) is 0 Å². The van der Waals surface area contributed by atoms with Crippen LogP contribution in [-0.2, 0) is 0 Å². The summed E-state index contributed by atoms with van der Waals surface area (Å²) in [6.07, 6.45) is 0. The molecule has 2 aromatic carbocycles. The Morgan fingerprint density at radius 3 is 2.04 bits per heavy atom. The first kappa shape index (κ1) is 20.5. The van der Waals surface area contributed by atoms with Crippen LogP contribution in [0.15, 0.2) is 59.5 Å².